The van der Waals surface area contributed by atoms with Gasteiger partial charge in [0.15, 0.2) is 11.3 Å². The number of halogens is 1. The van der Waals surface area contributed by atoms with Gasteiger partial charge in [0, 0.05) is 6.04 Å². The average Bonchev–Trinajstić information content (AvgIpc) is 2.52. The lowest BCUT2D eigenvalue weighted by Gasteiger charge is -2.09. The molecule has 0 radical (unpaired) electrons. The van der Waals surface area contributed by atoms with Crippen LogP contribution >= 0.6 is 15.9 Å². The summed E-state index contributed by atoms with van der Waals surface area (Å²) in [5, 5.41) is 0. The normalized spacial score (nSPS) is 13.3. The lowest BCUT2D eigenvalue weighted by Crippen LogP contribution is -2.20. The summed E-state index contributed by atoms with van der Waals surface area (Å²) < 4.78 is 2.26. The van der Waals surface area contributed by atoms with Gasteiger partial charge < -0.3 is 0 Å². The van der Waals surface area contributed by atoms with Gasteiger partial charge in [-0.1, -0.05) is 6.92 Å². The second-order valence-corrected chi connectivity index (χ2v) is 4.23. The zero-order valence-corrected chi connectivity index (χ0v) is 10.1. The molecule has 6 heteroatoms. The summed E-state index contributed by atoms with van der Waals surface area (Å²) in [6.07, 6.45) is 2.44. The van der Waals surface area contributed by atoms with Crippen molar-refractivity contribution in [2.24, 2.45) is 0 Å². The Morgan fingerprint density at radius 1 is 1.67 bits per heavy atom. The second kappa shape index (κ2) is 3.77. The van der Waals surface area contributed by atoms with E-state index in [2.05, 4.69) is 30.9 Å². The molecule has 1 N–H and O–H groups in total. The third-order valence-corrected chi connectivity index (χ3v) is 2.81. The minimum absolute atomic E-state index is 0.120. The first-order valence-electron chi connectivity index (χ1n) is 4.76. The van der Waals surface area contributed by atoms with Gasteiger partial charge in [0.1, 0.15) is 4.60 Å². The minimum Gasteiger partial charge on any atom is -0.289 e. The zero-order chi connectivity index (χ0) is 11.0. The third-order valence-electron chi connectivity index (χ3n) is 2.43. The van der Waals surface area contributed by atoms with Crippen LogP contribution in [0.15, 0.2) is 15.6 Å². The van der Waals surface area contributed by atoms with E-state index in [1.807, 2.05) is 13.8 Å². The van der Waals surface area contributed by atoms with Crippen LogP contribution in [0, 0.1) is 0 Å². The molecule has 0 amide bonds. The fraction of sp³-hybridized carbons (Fsp3) is 0.444. The molecule has 1 atom stereocenters. The molecule has 0 aromatic carbocycles. The van der Waals surface area contributed by atoms with E-state index in [1.165, 1.54) is 0 Å². The van der Waals surface area contributed by atoms with E-state index in [1.54, 1.807) is 10.8 Å². The SMILES string of the molecule is CC[C@@H](C)n1c(=O)[nH]c2ncc(Br)nc21. The first-order chi connectivity index (χ1) is 7.13. The zero-order valence-electron chi connectivity index (χ0n) is 8.49. The van der Waals surface area contributed by atoms with Crippen LogP contribution in [0.2, 0.25) is 0 Å². The Morgan fingerprint density at radius 3 is 3.07 bits per heavy atom. The van der Waals surface area contributed by atoms with Gasteiger partial charge in [-0.15, -0.1) is 0 Å². The highest BCUT2D eigenvalue weighted by Gasteiger charge is 2.13. The number of nitrogens with one attached hydrogen (secondary N) is 1. The molecule has 15 heavy (non-hydrogen) atoms. The van der Waals surface area contributed by atoms with Gasteiger partial charge >= 0.3 is 5.69 Å². The molecule has 0 bridgehead atoms. The van der Waals surface area contributed by atoms with Crippen LogP contribution in [0.5, 0.6) is 0 Å². The summed E-state index contributed by atoms with van der Waals surface area (Å²) in [6, 6.07) is 0.120. The van der Waals surface area contributed by atoms with Crippen molar-refractivity contribution in [1.29, 1.82) is 0 Å². The van der Waals surface area contributed by atoms with Crippen molar-refractivity contribution < 1.29 is 0 Å². The summed E-state index contributed by atoms with van der Waals surface area (Å²) in [6.45, 7) is 4.01. The molecule has 0 unspecified atom stereocenters. The molecule has 0 saturated carbocycles. The van der Waals surface area contributed by atoms with Gasteiger partial charge in [0.25, 0.3) is 0 Å². The van der Waals surface area contributed by atoms with E-state index in [9.17, 15) is 4.79 Å². The highest BCUT2D eigenvalue weighted by molar-refractivity contribution is 9.10. The molecule has 80 valence electrons. The Bertz CT molecular complexity index is 545. The van der Waals surface area contributed by atoms with Gasteiger partial charge in [-0.2, -0.15) is 0 Å². The van der Waals surface area contributed by atoms with E-state index < -0.39 is 0 Å². The Kier molecular flexibility index (Phi) is 2.60. The first-order valence-corrected chi connectivity index (χ1v) is 5.55. The van der Waals surface area contributed by atoms with E-state index in [0.29, 0.717) is 15.9 Å². The fourth-order valence-electron chi connectivity index (χ4n) is 1.46. The molecular weight excluding hydrogens is 260 g/mol. The number of hydrogen-bond donors (Lipinski definition) is 1. The molecule has 0 saturated heterocycles. The lowest BCUT2D eigenvalue weighted by atomic mass is 10.2. The first kappa shape index (κ1) is 10.4. The Labute approximate surface area is 94.7 Å². The minimum atomic E-state index is -0.155. The van der Waals surface area contributed by atoms with Crippen LogP contribution in [0.3, 0.4) is 0 Å². The molecule has 2 aromatic rings. The van der Waals surface area contributed by atoms with Gasteiger partial charge in [0.2, 0.25) is 0 Å². The van der Waals surface area contributed by atoms with Crippen molar-refractivity contribution in [3.8, 4) is 0 Å². The number of aromatic nitrogens is 4. The predicted octanol–water partition coefficient (Wildman–Crippen LogP) is 1.85. The van der Waals surface area contributed by atoms with E-state index in [0.717, 1.165) is 6.42 Å². The van der Waals surface area contributed by atoms with Crippen molar-refractivity contribution in [1.82, 2.24) is 19.5 Å². The summed E-state index contributed by atoms with van der Waals surface area (Å²) in [5.41, 5.74) is 0.977. The van der Waals surface area contributed by atoms with Crippen LogP contribution in [-0.4, -0.2) is 19.5 Å². The van der Waals surface area contributed by atoms with Gasteiger partial charge in [0.05, 0.1) is 6.20 Å². The lowest BCUT2D eigenvalue weighted by molar-refractivity contribution is 0.526. The number of fused-ring (bicyclic) bond motifs is 1. The topological polar surface area (TPSA) is 63.6 Å². The molecule has 5 nitrogen and oxygen atoms in total. The van der Waals surface area contributed by atoms with Gasteiger partial charge in [-0.3, -0.25) is 9.55 Å². The average molecular weight is 271 g/mol. The molecule has 2 aromatic heterocycles. The standard InChI is InChI=1S/C9H11BrN4O/c1-3-5(2)14-8-7(13-9(14)15)11-4-6(10)12-8/h4-5H,3H2,1-2H3,(H,11,13,15)/t5-/m1/s1. The molecule has 0 spiro atoms. The number of imidazole rings is 1. The van der Waals surface area contributed by atoms with E-state index in [-0.39, 0.29) is 11.7 Å². The molecule has 0 aliphatic rings. The van der Waals surface area contributed by atoms with E-state index >= 15 is 0 Å². The number of aromatic amines is 1. The smallest absolute Gasteiger partial charge is 0.289 e. The summed E-state index contributed by atoms with van der Waals surface area (Å²) in [7, 11) is 0. The summed E-state index contributed by atoms with van der Waals surface area (Å²) in [5.74, 6) is 0. The number of H-pyrrole nitrogens is 1. The predicted molar refractivity (Wildman–Crippen MR) is 60.9 cm³/mol. The molecular formula is C9H11BrN4O. The monoisotopic (exact) mass is 270 g/mol. The van der Waals surface area contributed by atoms with Crippen LogP contribution < -0.4 is 5.69 Å². The maximum absolute atomic E-state index is 11.7. The molecule has 0 aliphatic carbocycles. The largest absolute Gasteiger partial charge is 0.329 e. The molecule has 0 fully saturated rings. The number of nitrogens with zero attached hydrogens (tertiary/aromatic N) is 3. The summed E-state index contributed by atoms with van der Waals surface area (Å²) in [4.78, 5) is 22.7. The van der Waals surface area contributed by atoms with Crippen molar-refractivity contribution in [3.05, 3.63) is 21.3 Å². The highest BCUT2D eigenvalue weighted by atomic mass is 79.9. The Morgan fingerprint density at radius 2 is 2.40 bits per heavy atom. The number of hydrogen-bond acceptors (Lipinski definition) is 3. The maximum Gasteiger partial charge on any atom is 0.329 e. The third kappa shape index (κ3) is 1.69. The van der Waals surface area contributed by atoms with Gasteiger partial charge in [-0.05, 0) is 29.3 Å². The molecule has 2 heterocycles. The van der Waals surface area contributed by atoms with Gasteiger partial charge in [-0.25, -0.2) is 14.8 Å². The second-order valence-electron chi connectivity index (χ2n) is 3.42. The van der Waals surface area contributed by atoms with Crippen LogP contribution in [0.25, 0.3) is 11.3 Å². The Hall–Kier alpha value is -1.17. The quantitative estimate of drug-likeness (QED) is 0.906. The van der Waals surface area contributed by atoms with Crippen LogP contribution in [0.4, 0.5) is 0 Å². The number of rotatable bonds is 2. The maximum atomic E-state index is 11.7. The van der Waals surface area contributed by atoms with Crippen LogP contribution in [0.1, 0.15) is 26.3 Å². The molecule has 0 aliphatic heterocycles. The van der Waals surface area contributed by atoms with Crippen LogP contribution in [-0.2, 0) is 0 Å². The highest BCUT2D eigenvalue weighted by Crippen LogP contribution is 2.15. The fourth-order valence-corrected chi connectivity index (χ4v) is 1.73. The van der Waals surface area contributed by atoms with Crippen molar-refractivity contribution >= 4 is 27.2 Å². The van der Waals surface area contributed by atoms with E-state index in [4.69, 9.17) is 0 Å². The molecule has 2 rings (SSSR count). The van der Waals surface area contributed by atoms with Crippen molar-refractivity contribution in [3.63, 3.8) is 0 Å². The van der Waals surface area contributed by atoms with Crippen molar-refractivity contribution in [2.75, 3.05) is 0 Å². The summed E-state index contributed by atoms with van der Waals surface area (Å²) >= 11 is 3.24. The Balaban J connectivity index is 2.76. The van der Waals surface area contributed by atoms with Crippen molar-refractivity contribution in [2.45, 2.75) is 26.3 Å².